The lowest BCUT2D eigenvalue weighted by Gasteiger charge is -2.11. The summed E-state index contributed by atoms with van der Waals surface area (Å²) in [4.78, 5) is 22.9. The lowest BCUT2D eigenvalue weighted by atomic mass is 10.1. The Labute approximate surface area is 124 Å². The fourth-order valence-electron chi connectivity index (χ4n) is 2.10. The molecule has 0 saturated heterocycles. The first kappa shape index (κ1) is 17.4. The zero-order valence-corrected chi connectivity index (χ0v) is 12.5. The maximum absolute atomic E-state index is 11.7. The van der Waals surface area contributed by atoms with Gasteiger partial charge in [-0.25, -0.2) is 0 Å². The summed E-state index contributed by atoms with van der Waals surface area (Å²) in [5.74, 6) is 0.00252. The van der Waals surface area contributed by atoms with Crippen molar-refractivity contribution in [2.45, 2.75) is 51.6 Å². The minimum Gasteiger partial charge on any atom is -0.503 e. The Kier molecular flexibility index (Phi) is 7.11. The average molecular weight is 295 g/mol. The van der Waals surface area contributed by atoms with Crippen molar-refractivity contribution >= 4 is 5.78 Å². The van der Waals surface area contributed by atoms with E-state index in [4.69, 9.17) is 11.5 Å². The van der Waals surface area contributed by atoms with Gasteiger partial charge >= 0.3 is 0 Å². The van der Waals surface area contributed by atoms with Gasteiger partial charge in [0.15, 0.2) is 5.75 Å². The van der Waals surface area contributed by atoms with Gasteiger partial charge in [0.2, 0.25) is 5.43 Å². The van der Waals surface area contributed by atoms with E-state index in [1.165, 1.54) is 6.07 Å². The van der Waals surface area contributed by atoms with E-state index < -0.39 is 0 Å². The smallest absolute Gasteiger partial charge is 0.223 e. The van der Waals surface area contributed by atoms with Crippen molar-refractivity contribution in [2.75, 3.05) is 6.54 Å². The number of nitrogens with zero attached hydrogens (tertiary/aromatic N) is 1. The number of ketones is 1. The highest BCUT2D eigenvalue weighted by atomic mass is 16.3. The summed E-state index contributed by atoms with van der Waals surface area (Å²) in [7, 11) is 0. The van der Waals surface area contributed by atoms with Crippen LogP contribution in [0.5, 0.6) is 5.75 Å². The van der Waals surface area contributed by atoms with E-state index >= 15 is 0 Å². The molecule has 6 heteroatoms. The van der Waals surface area contributed by atoms with Gasteiger partial charge in [0, 0.05) is 44.2 Å². The van der Waals surface area contributed by atoms with Gasteiger partial charge in [-0.3, -0.25) is 9.59 Å². The standard InChI is InChI=1S/C15H25N3O3/c1-11-15(21)14(20)7-9-18(11)8-3-2-4-13(19)6-5-12(17)10-16/h7,9,12,21H,2-6,8,10,16-17H2,1H3. The van der Waals surface area contributed by atoms with Crippen LogP contribution in [0, 0.1) is 6.92 Å². The number of pyridine rings is 1. The summed E-state index contributed by atoms with van der Waals surface area (Å²) >= 11 is 0. The molecule has 6 nitrogen and oxygen atoms in total. The zero-order chi connectivity index (χ0) is 15.8. The first-order valence-corrected chi connectivity index (χ1v) is 7.32. The van der Waals surface area contributed by atoms with E-state index in [9.17, 15) is 14.7 Å². The minimum atomic E-state index is -0.366. The predicted molar refractivity (Wildman–Crippen MR) is 82.2 cm³/mol. The predicted octanol–water partition coefficient (Wildman–Crippen LogP) is 0.668. The van der Waals surface area contributed by atoms with Crippen LogP contribution in [0.1, 0.15) is 37.8 Å². The van der Waals surface area contributed by atoms with Gasteiger partial charge in [-0.1, -0.05) is 0 Å². The zero-order valence-electron chi connectivity index (χ0n) is 12.5. The number of aromatic hydroxyl groups is 1. The molecule has 0 aliphatic carbocycles. The van der Waals surface area contributed by atoms with E-state index in [-0.39, 0.29) is 23.0 Å². The Morgan fingerprint density at radius 1 is 1.38 bits per heavy atom. The molecule has 0 amide bonds. The third kappa shape index (κ3) is 5.69. The van der Waals surface area contributed by atoms with Crippen molar-refractivity contribution in [3.63, 3.8) is 0 Å². The summed E-state index contributed by atoms with van der Waals surface area (Å²) < 4.78 is 1.82. The molecule has 21 heavy (non-hydrogen) atoms. The van der Waals surface area contributed by atoms with E-state index in [1.807, 2.05) is 4.57 Å². The Balaban J connectivity index is 2.30. The van der Waals surface area contributed by atoms with E-state index in [0.29, 0.717) is 38.0 Å². The highest BCUT2D eigenvalue weighted by molar-refractivity contribution is 5.78. The van der Waals surface area contributed by atoms with Crippen LogP contribution in [-0.4, -0.2) is 28.0 Å². The number of hydrogen-bond acceptors (Lipinski definition) is 5. The van der Waals surface area contributed by atoms with Gasteiger partial charge in [0.05, 0.1) is 5.69 Å². The van der Waals surface area contributed by atoms with Gasteiger partial charge in [-0.15, -0.1) is 0 Å². The summed E-state index contributed by atoms with van der Waals surface area (Å²) in [5, 5.41) is 9.57. The molecule has 1 atom stereocenters. The molecule has 1 heterocycles. The van der Waals surface area contributed by atoms with Crippen LogP contribution in [-0.2, 0) is 11.3 Å². The van der Waals surface area contributed by atoms with Crippen molar-refractivity contribution in [2.24, 2.45) is 11.5 Å². The van der Waals surface area contributed by atoms with Crippen LogP contribution in [0.25, 0.3) is 0 Å². The van der Waals surface area contributed by atoms with Crippen LogP contribution in [0.15, 0.2) is 17.1 Å². The van der Waals surface area contributed by atoms with Crippen LogP contribution in [0.3, 0.4) is 0 Å². The quantitative estimate of drug-likeness (QED) is 0.580. The first-order valence-electron chi connectivity index (χ1n) is 7.32. The Bertz CT molecular complexity index is 525. The van der Waals surface area contributed by atoms with E-state index in [2.05, 4.69) is 0 Å². The lowest BCUT2D eigenvalue weighted by molar-refractivity contribution is -0.119. The fourth-order valence-corrected chi connectivity index (χ4v) is 2.10. The molecule has 0 saturated carbocycles. The highest BCUT2D eigenvalue weighted by Crippen LogP contribution is 2.11. The van der Waals surface area contributed by atoms with Gasteiger partial charge in [0.25, 0.3) is 0 Å². The molecule has 1 aromatic heterocycles. The van der Waals surface area contributed by atoms with Crippen LogP contribution in [0.4, 0.5) is 0 Å². The maximum Gasteiger partial charge on any atom is 0.223 e. The number of aromatic nitrogens is 1. The number of carbonyl (C=O) groups is 1. The van der Waals surface area contributed by atoms with Crippen molar-refractivity contribution in [3.8, 4) is 5.75 Å². The Hall–Kier alpha value is -1.66. The van der Waals surface area contributed by atoms with Crippen molar-refractivity contribution in [1.82, 2.24) is 4.57 Å². The molecule has 118 valence electrons. The monoisotopic (exact) mass is 295 g/mol. The van der Waals surface area contributed by atoms with E-state index in [0.717, 1.165) is 12.8 Å². The van der Waals surface area contributed by atoms with Crippen LogP contribution < -0.4 is 16.9 Å². The molecule has 1 aromatic rings. The molecule has 0 spiro atoms. The Morgan fingerprint density at radius 3 is 2.76 bits per heavy atom. The second-order valence-electron chi connectivity index (χ2n) is 5.34. The number of aryl methyl sites for hydroxylation is 1. The SMILES string of the molecule is Cc1c(O)c(=O)ccn1CCCCC(=O)CCC(N)CN. The maximum atomic E-state index is 11.7. The first-order chi connectivity index (χ1) is 9.95. The summed E-state index contributed by atoms with van der Waals surface area (Å²) in [5.41, 5.74) is 11.3. The van der Waals surface area contributed by atoms with Gasteiger partial charge in [0.1, 0.15) is 5.78 Å². The van der Waals surface area contributed by atoms with Crippen molar-refractivity contribution in [1.29, 1.82) is 0 Å². The second kappa shape index (κ2) is 8.59. The topological polar surface area (TPSA) is 111 Å². The molecule has 0 aliphatic heterocycles. The second-order valence-corrected chi connectivity index (χ2v) is 5.34. The molecule has 0 aromatic carbocycles. The van der Waals surface area contributed by atoms with E-state index in [1.54, 1.807) is 13.1 Å². The summed E-state index contributed by atoms with van der Waals surface area (Å²) in [6, 6.07) is 1.25. The van der Waals surface area contributed by atoms with Gasteiger partial charge in [-0.05, 0) is 26.2 Å². The molecular weight excluding hydrogens is 270 g/mol. The minimum absolute atomic E-state index is 0.0965. The lowest BCUT2D eigenvalue weighted by Crippen LogP contribution is -2.30. The summed E-state index contributed by atoms with van der Waals surface area (Å²) in [6.45, 7) is 2.79. The average Bonchev–Trinajstić information content (AvgIpc) is 2.48. The molecule has 5 N–H and O–H groups in total. The van der Waals surface area contributed by atoms with Gasteiger partial charge < -0.3 is 21.1 Å². The number of nitrogens with two attached hydrogens (primary N) is 2. The van der Waals surface area contributed by atoms with Crippen molar-refractivity contribution < 1.29 is 9.90 Å². The third-order valence-corrected chi connectivity index (χ3v) is 3.61. The van der Waals surface area contributed by atoms with Crippen LogP contribution >= 0.6 is 0 Å². The number of unbranched alkanes of at least 4 members (excludes halogenated alkanes) is 1. The Morgan fingerprint density at radius 2 is 2.10 bits per heavy atom. The molecule has 1 rings (SSSR count). The normalized spacial score (nSPS) is 12.3. The van der Waals surface area contributed by atoms with Crippen LogP contribution in [0.2, 0.25) is 0 Å². The third-order valence-electron chi connectivity index (χ3n) is 3.61. The molecule has 0 bridgehead atoms. The van der Waals surface area contributed by atoms with Gasteiger partial charge in [-0.2, -0.15) is 0 Å². The molecule has 0 fully saturated rings. The number of hydrogen-bond donors (Lipinski definition) is 3. The molecule has 0 aliphatic rings. The molecule has 1 unspecified atom stereocenters. The molecule has 0 radical (unpaired) electrons. The number of rotatable bonds is 9. The summed E-state index contributed by atoms with van der Waals surface area (Å²) in [6.07, 6.45) is 4.92. The number of Topliss-reactive ketones (excluding diaryl/α,β-unsaturated/α-hetero) is 1. The largest absolute Gasteiger partial charge is 0.503 e. The molecular formula is C15H25N3O3. The fraction of sp³-hybridized carbons (Fsp3) is 0.600. The van der Waals surface area contributed by atoms with Crippen molar-refractivity contribution in [3.05, 3.63) is 28.2 Å². The highest BCUT2D eigenvalue weighted by Gasteiger charge is 2.07. The number of carbonyl (C=O) groups excluding carboxylic acids is 1.